The number of halogens is 1. The van der Waals surface area contributed by atoms with Crippen LogP contribution in [0.25, 0.3) is 0 Å². The molecule has 0 unspecified atom stereocenters. The Morgan fingerprint density at radius 2 is 2.14 bits per heavy atom. The second kappa shape index (κ2) is 3.52. The van der Waals surface area contributed by atoms with E-state index in [0.29, 0.717) is 12.0 Å². The van der Waals surface area contributed by atoms with Crippen LogP contribution in [0.3, 0.4) is 0 Å². The molecule has 1 aliphatic rings. The molecule has 1 nitrogen and oxygen atoms in total. The first-order chi connectivity index (χ1) is 6.72. The number of carbonyl (C=O) groups is 1. The summed E-state index contributed by atoms with van der Waals surface area (Å²) in [6.07, 6.45) is 3.20. The Bertz CT molecular complexity index is 382. The van der Waals surface area contributed by atoms with Gasteiger partial charge in [0.2, 0.25) is 0 Å². The van der Waals surface area contributed by atoms with E-state index < -0.39 is 0 Å². The molecule has 1 aliphatic carbocycles. The second-order valence-corrected chi connectivity index (χ2v) is 3.72. The summed E-state index contributed by atoms with van der Waals surface area (Å²) in [4.78, 5) is 11.5. The van der Waals surface area contributed by atoms with Gasteiger partial charge in [-0.3, -0.25) is 4.79 Å². The number of rotatable bonds is 1. The zero-order valence-electron chi connectivity index (χ0n) is 8.27. The quantitative estimate of drug-likeness (QED) is 0.668. The molecule has 0 fully saturated rings. The maximum Gasteiger partial charge on any atom is 0.163 e. The van der Waals surface area contributed by atoms with E-state index in [1.54, 1.807) is 6.07 Å². The molecule has 0 spiro atoms. The molecule has 0 radical (unpaired) electrons. The SMILES string of the molecule is CCc1cc(F)cc2c1CCCC2=O. The van der Waals surface area contributed by atoms with E-state index in [9.17, 15) is 9.18 Å². The number of aryl methyl sites for hydroxylation is 1. The Kier molecular flexibility index (Phi) is 2.36. The summed E-state index contributed by atoms with van der Waals surface area (Å²) in [5, 5.41) is 0. The van der Waals surface area contributed by atoms with Gasteiger partial charge in [-0.15, -0.1) is 0 Å². The van der Waals surface area contributed by atoms with Crippen LogP contribution in [-0.4, -0.2) is 5.78 Å². The summed E-state index contributed by atoms with van der Waals surface area (Å²) in [6, 6.07) is 2.94. The van der Waals surface area contributed by atoms with Crippen molar-refractivity contribution in [2.24, 2.45) is 0 Å². The summed E-state index contributed by atoms with van der Waals surface area (Å²) in [5.74, 6) is -0.184. The molecule has 0 N–H and O–H groups in total. The lowest BCUT2D eigenvalue weighted by molar-refractivity contribution is 0.0971. The molecule has 0 saturated carbocycles. The summed E-state index contributed by atoms with van der Waals surface area (Å²) >= 11 is 0. The van der Waals surface area contributed by atoms with Crippen LogP contribution >= 0.6 is 0 Å². The highest BCUT2D eigenvalue weighted by molar-refractivity contribution is 5.98. The van der Waals surface area contributed by atoms with Gasteiger partial charge in [-0.25, -0.2) is 4.39 Å². The van der Waals surface area contributed by atoms with E-state index >= 15 is 0 Å². The van der Waals surface area contributed by atoms with Crippen LogP contribution in [0.4, 0.5) is 4.39 Å². The third-order valence-electron chi connectivity index (χ3n) is 2.82. The zero-order chi connectivity index (χ0) is 10.1. The molecule has 14 heavy (non-hydrogen) atoms. The summed E-state index contributed by atoms with van der Waals surface area (Å²) in [5.41, 5.74) is 2.69. The molecule has 0 aromatic heterocycles. The van der Waals surface area contributed by atoms with Gasteiger partial charge >= 0.3 is 0 Å². The van der Waals surface area contributed by atoms with E-state index in [0.717, 1.165) is 30.4 Å². The van der Waals surface area contributed by atoms with E-state index in [4.69, 9.17) is 0 Å². The monoisotopic (exact) mass is 192 g/mol. The van der Waals surface area contributed by atoms with Gasteiger partial charge in [0.15, 0.2) is 5.78 Å². The van der Waals surface area contributed by atoms with Gasteiger partial charge in [-0.2, -0.15) is 0 Å². The van der Waals surface area contributed by atoms with Crippen LogP contribution in [0.2, 0.25) is 0 Å². The fourth-order valence-electron chi connectivity index (χ4n) is 2.11. The van der Waals surface area contributed by atoms with E-state index in [2.05, 4.69) is 0 Å². The van der Waals surface area contributed by atoms with Gasteiger partial charge in [0.05, 0.1) is 0 Å². The first-order valence-corrected chi connectivity index (χ1v) is 5.07. The minimum Gasteiger partial charge on any atom is -0.294 e. The summed E-state index contributed by atoms with van der Waals surface area (Å²) in [6.45, 7) is 1.99. The van der Waals surface area contributed by atoms with Crippen molar-refractivity contribution in [2.45, 2.75) is 32.6 Å². The first-order valence-electron chi connectivity index (χ1n) is 5.07. The Labute approximate surface area is 82.9 Å². The van der Waals surface area contributed by atoms with Crippen molar-refractivity contribution in [1.29, 1.82) is 0 Å². The van der Waals surface area contributed by atoms with Gasteiger partial charge < -0.3 is 0 Å². The Balaban J connectivity index is 2.60. The molecule has 2 heteroatoms. The molecule has 0 bridgehead atoms. The van der Waals surface area contributed by atoms with E-state index in [1.165, 1.54) is 6.07 Å². The Morgan fingerprint density at radius 3 is 2.86 bits per heavy atom. The molecule has 1 aromatic carbocycles. The fraction of sp³-hybridized carbons (Fsp3) is 0.417. The van der Waals surface area contributed by atoms with E-state index in [1.807, 2.05) is 6.92 Å². The van der Waals surface area contributed by atoms with Crippen molar-refractivity contribution in [2.75, 3.05) is 0 Å². The molecular weight excluding hydrogens is 179 g/mol. The minimum atomic E-state index is -0.282. The minimum absolute atomic E-state index is 0.0976. The van der Waals surface area contributed by atoms with Gasteiger partial charge in [-0.05, 0) is 42.5 Å². The lowest BCUT2D eigenvalue weighted by atomic mass is 9.86. The highest BCUT2D eigenvalue weighted by Crippen LogP contribution is 2.26. The predicted molar refractivity (Wildman–Crippen MR) is 53.0 cm³/mol. The summed E-state index contributed by atoms with van der Waals surface area (Å²) < 4.78 is 13.2. The highest BCUT2D eigenvalue weighted by Gasteiger charge is 2.20. The Hall–Kier alpha value is -1.18. The van der Waals surface area contributed by atoms with Crippen LogP contribution in [0.5, 0.6) is 0 Å². The number of benzene rings is 1. The van der Waals surface area contributed by atoms with E-state index in [-0.39, 0.29) is 11.6 Å². The lowest BCUT2D eigenvalue weighted by Crippen LogP contribution is -2.13. The normalized spacial score (nSPS) is 15.4. The van der Waals surface area contributed by atoms with Crippen LogP contribution in [-0.2, 0) is 12.8 Å². The van der Waals surface area contributed by atoms with Crippen molar-refractivity contribution >= 4 is 5.78 Å². The highest BCUT2D eigenvalue weighted by atomic mass is 19.1. The number of carbonyl (C=O) groups excluding carboxylic acids is 1. The van der Waals surface area contributed by atoms with Crippen molar-refractivity contribution in [3.8, 4) is 0 Å². The molecule has 0 atom stereocenters. The van der Waals surface area contributed by atoms with Crippen LogP contribution in [0.1, 0.15) is 41.3 Å². The Morgan fingerprint density at radius 1 is 1.36 bits per heavy atom. The average Bonchev–Trinajstić information content (AvgIpc) is 2.18. The smallest absolute Gasteiger partial charge is 0.163 e. The van der Waals surface area contributed by atoms with Crippen LogP contribution in [0.15, 0.2) is 12.1 Å². The predicted octanol–water partition coefficient (Wildman–Crippen LogP) is 2.91. The van der Waals surface area contributed by atoms with Crippen LogP contribution < -0.4 is 0 Å². The first kappa shape index (κ1) is 9.38. The van der Waals surface area contributed by atoms with Gasteiger partial charge in [0.1, 0.15) is 5.82 Å². The summed E-state index contributed by atoms with van der Waals surface area (Å²) in [7, 11) is 0. The molecule has 74 valence electrons. The second-order valence-electron chi connectivity index (χ2n) is 3.72. The van der Waals surface area contributed by atoms with Crippen molar-refractivity contribution in [1.82, 2.24) is 0 Å². The zero-order valence-corrected chi connectivity index (χ0v) is 8.27. The standard InChI is InChI=1S/C12H13FO/c1-2-8-6-9(13)7-11-10(8)4-3-5-12(11)14/h6-7H,2-5H2,1H3. The number of hydrogen-bond donors (Lipinski definition) is 0. The fourth-order valence-corrected chi connectivity index (χ4v) is 2.11. The number of Topliss-reactive ketones (excluding diaryl/α,β-unsaturated/α-hetero) is 1. The number of ketones is 1. The molecule has 0 heterocycles. The molecule has 0 amide bonds. The topological polar surface area (TPSA) is 17.1 Å². The largest absolute Gasteiger partial charge is 0.294 e. The van der Waals surface area contributed by atoms with Crippen molar-refractivity contribution in [3.63, 3.8) is 0 Å². The average molecular weight is 192 g/mol. The molecular formula is C12H13FO. The van der Waals surface area contributed by atoms with Gasteiger partial charge in [0, 0.05) is 12.0 Å². The molecule has 0 saturated heterocycles. The third kappa shape index (κ3) is 1.45. The molecule has 2 rings (SSSR count). The lowest BCUT2D eigenvalue weighted by Gasteiger charge is -2.17. The molecule has 1 aromatic rings. The van der Waals surface area contributed by atoms with Crippen LogP contribution in [0, 0.1) is 5.82 Å². The maximum atomic E-state index is 13.2. The number of fused-ring (bicyclic) bond motifs is 1. The van der Waals surface area contributed by atoms with Crippen molar-refractivity contribution in [3.05, 3.63) is 34.6 Å². The number of hydrogen-bond acceptors (Lipinski definition) is 1. The maximum absolute atomic E-state index is 13.2. The molecule has 0 aliphatic heterocycles. The van der Waals surface area contributed by atoms with Gasteiger partial charge in [-0.1, -0.05) is 6.92 Å². The van der Waals surface area contributed by atoms with Crippen molar-refractivity contribution < 1.29 is 9.18 Å². The third-order valence-corrected chi connectivity index (χ3v) is 2.82. The van der Waals surface area contributed by atoms with Gasteiger partial charge in [0.25, 0.3) is 0 Å².